The van der Waals surface area contributed by atoms with E-state index in [0.29, 0.717) is 18.7 Å². The van der Waals surface area contributed by atoms with E-state index in [-0.39, 0.29) is 29.9 Å². The zero-order valence-corrected chi connectivity index (χ0v) is 19.8. The molecule has 2 amide bonds. The van der Waals surface area contributed by atoms with E-state index in [9.17, 15) is 14.0 Å². The maximum Gasteiger partial charge on any atom is 0.242 e. The second kappa shape index (κ2) is 12.7. The molecule has 0 aliphatic carbocycles. The molecule has 162 valence electrons. The Balaban J connectivity index is 2.09. The Kier molecular flexibility index (Phi) is 10.4. The van der Waals surface area contributed by atoms with Gasteiger partial charge in [-0.2, -0.15) is 0 Å². The zero-order valence-electron chi connectivity index (χ0n) is 17.4. The van der Waals surface area contributed by atoms with Crippen molar-refractivity contribution in [2.24, 2.45) is 0 Å². The number of hydrogen-bond donors (Lipinski definition) is 1. The van der Waals surface area contributed by atoms with Gasteiger partial charge in [-0.05, 0) is 48.2 Å². The van der Waals surface area contributed by atoms with Gasteiger partial charge in [-0.3, -0.25) is 9.59 Å². The predicted molar refractivity (Wildman–Crippen MR) is 125 cm³/mol. The van der Waals surface area contributed by atoms with E-state index in [1.807, 2.05) is 38.1 Å². The van der Waals surface area contributed by atoms with E-state index < -0.39 is 6.04 Å². The van der Waals surface area contributed by atoms with Crippen molar-refractivity contribution in [3.05, 3.63) is 69.9 Å². The summed E-state index contributed by atoms with van der Waals surface area (Å²) in [7, 11) is 0. The average molecular weight is 495 g/mol. The van der Waals surface area contributed by atoms with Crippen molar-refractivity contribution < 1.29 is 14.0 Å². The van der Waals surface area contributed by atoms with Crippen LogP contribution in [0.4, 0.5) is 4.39 Å². The molecule has 2 aromatic carbocycles. The first-order valence-electron chi connectivity index (χ1n) is 10.1. The highest BCUT2D eigenvalue weighted by Crippen LogP contribution is 2.19. The fourth-order valence-corrected chi connectivity index (χ4v) is 4.13. The molecule has 7 heteroatoms. The van der Waals surface area contributed by atoms with Crippen LogP contribution in [0.2, 0.25) is 0 Å². The highest BCUT2D eigenvalue weighted by molar-refractivity contribution is 9.10. The van der Waals surface area contributed by atoms with Crippen LogP contribution >= 0.6 is 27.7 Å². The van der Waals surface area contributed by atoms with Crippen LogP contribution in [0.3, 0.4) is 0 Å². The number of carbonyl (C=O) groups excluding carboxylic acids is 2. The normalized spacial score (nSPS) is 11.7. The fraction of sp³-hybridized carbons (Fsp3) is 0.391. The van der Waals surface area contributed by atoms with Gasteiger partial charge >= 0.3 is 0 Å². The molecule has 0 heterocycles. The van der Waals surface area contributed by atoms with Crippen LogP contribution in [0, 0.1) is 5.82 Å². The van der Waals surface area contributed by atoms with Crippen molar-refractivity contribution in [1.82, 2.24) is 10.2 Å². The number of nitrogens with one attached hydrogen (secondary N) is 1. The van der Waals surface area contributed by atoms with Gasteiger partial charge in [-0.25, -0.2) is 4.39 Å². The molecule has 0 radical (unpaired) electrons. The van der Waals surface area contributed by atoms with Crippen LogP contribution < -0.4 is 5.32 Å². The summed E-state index contributed by atoms with van der Waals surface area (Å²) in [5.74, 6) is 0.416. The van der Waals surface area contributed by atoms with E-state index in [1.54, 1.807) is 17.0 Å². The van der Waals surface area contributed by atoms with Gasteiger partial charge in [0.15, 0.2) is 0 Å². The highest BCUT2D eigenvalue weighted by Gasteiger charge is 2.28. The number of rotatable bonds is 11. The van der Waals surface area contributed by atoms with Gasteiger partial charge in [-0.1, -0.05) is 54.0 Å². The van der Waals surface area contributed by atoms with Crippen molar-refractivity contribution in [1.29, 1.82) is 0 Å². The standard InChI is InChI=1S/C23H28BrFN2O2S/c1-3-13-26-23(29)21(4-2)27(14-17-7-11-20(25)12-8-17)22(28)16-30-15-18-5-9-19(24)10-6-18/h5-12,21H,3-4,13-16H2,1-2H3,(H,26,29)/t21-/m0/s1. The molecule has 30 heavy (non-hydrogen) atoms. The molecule has 0 spiro atoms. The number of nitrogens with zero attached hydrogens (tertiary/aromatic N) is 1. The summed E-state index contributed by atoms with van der Waals surface area (Å²) in [5, 5.41) is 2.90. The number of hydrogen-bond acceptors (Lipinski definition) is 3. The smallest absolute Gasteiger partial charge is 0.242 e. The van der Waals surface area contributed by atoms with Crippen LogP contribution in [0.15, 0.2) is 53.0 Å². The molecule has 0 aliphatic rings. The number of carbonyl (C=O) groups is 2. The molecule has 0 unspecified atom stereocenters. The molecule has 2 rings (SSSR count). The molecular formula is C23H28BrFN2O2S. The third-order valence-electron chi connectivity index (χ3n) is 4.61. The molecule has 1 atom stereocenters. The Morgan fingerprint density at radius 2 is 1.70 bits per heavy atom. The third kappa shape index (κ3) is 7.76. The molecule has 0 aliphatic heterocycles. The quantitative estimate of drug-likeness (QED) is 0.469. The maximum absolute atomic E-state index is 13.3. The predicted octanol–water partition coefficient (Wildman–Crippen LogP) is 5.16. The molecule has 4 nitrogen and oxygen atoms in total. The van der Waals surface area contributed by atoms with Crippen LogP contribution in [0.1, 0.15) is 37.8 Å². The lowest BCUT2D eigenvalue weighted by Gasteiger charge is -2.30. The first-order chi connectivity index (χ1) is 14.4. The zero-order chi connectivity index (χ0) is 21.9. The minimum absolute atomic E-state index is 0.0973. The van der Waals surface area contributed by atoms with Gasteiger partial charge in [0.05, 0.1) is 5.75 Å². The largest absolute Gasteiger partial charge is 0.354 e. The molecule has 1 N–H and O–H groups in total. The second-order valence-electron chi connectivity index (χ2n) is 6.98. The highest BCUT2D eigenvalue weighted by atomic mass is 79.9. The van der Waals surface area contributed by atoms with Gasteiger partial charge in [0.25, 0.3) is 0 Å². The minimum atomic E-state index is -0.553. The Labute approximate surface area is 190 Å². The van der Waals surface area contributed by atoms with Crippen LogP contribution in [0.5, 0.6) is 0 Å². The molecule has 2 aromatic rings. The summed E-state index contributed by atoms with van der Waals surface area (Å²) < 4.78 is 14.3. The molecule has 0 bridgehead atoms. The van der Waals surface area contributed by atoms with Crippen LogP contribution in [-0.4, -0.2) is 35.1 Å². The monoisotopic (exact) mass is 494 g/mol. The molecule has 0 saturated heterocycles. The lowest BCUT2D eigenvalue weighted by Crippen LogP contribution is -2.49. The van der Waals surface area contributed by atoms with E-state index >= 15 is 0 Å². The first-order valence-corrected chi connectivity index (χ1v) is 12.0. The lowest BCUT2D eigenvalue weighted by molar-refractivity contribution is -0.139. The van der Waals surface area contributed by atoms with Gasteiger partial charge in [0, 0.05) is 23.3 Å². The fourth-order valence-electron chi connectivity index (χ4n) is 2.99. The molecular weight excluding hydrogens is 467 g/mol. The van der Waals surface area contributed by atoms with Crippen molar-refractivity contribution in [3.8, 4) is 0 Å². The Hall–Kier alpha value is -1.86. The maximum atomic E-state index is 13.3. The summed E-state index contributed by atoms with van der Waals surface area (Å²) in [6.45, 7) is 4.74. The summed E-state index contributed by atoms with van der Waals surface area (Å²) in [6.07, 6.45) is 1.34. The van der Waals surface area contributed by atoms with E-state index in [0.717, 1.165) is 22.0 Å². The van der Waals surface area contributed by atoms with Gasteiger partial charge < -0.3 is 10.2 Å². The summed E-state index contributed by atoms with van der Waals surface area (Å²) in [6, 6.07) is 13.5. The van der Waals surface area contributed by atoms with Crippen molar-refractivity contribution in [2.75, 3.05) is 12.3 Å². The number of halogens is 2. The summed E-state index contributed by atoms with van der Waals surface area (Å²) in [4.78, 5) is 27.4. The van der Waals surface area contributed by atoms with Crippen molar-refractivity contribution >= 4 is 39.5 Å². The Morgan fingerprint density at radius 1 is 1.07 bits per heavy atom. The van der Waals surface area contributed by atoms with Gasteiger partial charge in [-0.15, -0.1) is 11.8 Å². The van der Waals surface area contributed by atoms with E-state index in [2.05, 4.69) is 21.2 Å². The van der Waals surface area contributed by atoms with Crippen molar-refractivity contribution in [2.45, 2.75) is 45.0 Å². The minimum Gasteiger partial charge on any atom is -0.354 e. The summed E-state index contributed by atoms with van der Waals surface area (Å²) in [5.41, 5.74) is 1.93. The lowest BCUT2D eigenvalue weighted by atomic mass is 10.1. The average Bonchev–Trinajstić information content (AvgIpc) is 2.74. The van der Waals surface area contributed by atoms with Gasteiger partial charge in [0.2, 0.25) is 11.8 Å². The molecule has 0 aromatic heterocycles. The Bertz CT molecular complexity index is 815. The van der Waals surface area contributed by atoms with Crippen molar-refractivity contribution in [3.63, 3.8) is 0 Å². The Morgan fingerprint density at radius 3 is 2.30 bits per heavy atom. The topological polar surface area (TPSA) is 49.4 Å². The van der Waals surface area contributed by atoms with Crippen LogP contribution in [0.25, 0.3) is 0 Å². The third-order valence-corrected chi connectivity index (χ3v) is 6.13. The number of amides is 2. The van der Waals surface area contributed by atoms with Gasteiger partial charge in [0.1, 0.15) is 11.9 Å². The number of thioether (sulfide) groups is 1. The number of benzene rings is 2. The summed E-state index contributed by atoms with van der Waals surface area (Å²) >= 11 is 4.94. The van der Waals surface area contributed by atoms with Crippen LogP contribution in [-0.2, 0) is 21.9 Å². The second-order valence-corrected chi connectivity index (χ2v) is 8.88. The van der Waals surface area contributed by atoms with E-state index in [1.165, 1.54) is 23.9 Å². The SMILES string of the molecule is CCCNC(=O)[C@H](CC)N(Cc1ccc(F)cc1)C(=O)CSCc1ccc(Br)cc1. The molecule has 0 fully saturated rings. The first kappa shape index (κ1) is 24.4. The van der Waals surface area contributed by atoms with E-state index in [4.69, 9.17) is 0 Å². The molecule has 0 saturated carbocycles.